The zero-order valence-electron chi connectivity index (χ0n) is 63.5. The van der Waals surface area contributed by atoms with Gasteiger partial charge in [-0.2, -0.15) is 0 Å². The van der Waals surface area contributed by atoms with Gasteiger partial charge < -0.3 is 92.3 Å². The van der Waals surface area contributed by atoms with Crippen molar-refractivity contribution in [3.8, 4) is 63.2 Å². The van der Waals surface area contributed by atoms with E-state index in [2.05, 4.69) is 21.3 Å². The van der Waals surface area contributed by atoms with Crippen LogP contribution in [-0.2, 0) is 18.9 Å². The molecule has 0 fully saturated rings. The second-order valence-electron chi connectivity index (χ2n) is 27.4. The van der Waals surface area contributed by atoms with Crippen molar-refractivity contribution in [3.05, 3.63) is 153 Å². The number of hydrogen-bond donors (Lipinski definition) is 4. The summed E-state index contributed by atoms with van der Waals surface area (Å²) in [6, 6.07) is 28.5. The third-order valence-corrected chi connectivity index (χ3v) is 15.2. The molecule has 0 heterocycles. The summed E-state index contributed by atoms with van der Waals surface area (Å²) < 4.78 is 89.3. The molecule has 0 aliphatic rings. The van der Waals surface area contributed by atoms with Crippen molar-refractivity contribution in [2.45, 2.75) is 105 Å². The molecule has 0 aromatic heterocycles. The topological polar surface area (TPSA) is 318 Å². The molecule has 0 bridgehead atoms. The van der Waals surface area contributed by atoms with E-state index in [0.29, 0.717) is 11.4 Å². The van der Waals surface area contributed by atoms with Gasteiger partial charge in [-0.05, 0) is 132 Å². The quantitative estimate of drug-likeness (QED) is 0.0163. The molecule has 0 saturated carbocycles. The van der Waals surface area contributed by atoms with Crippen molar-refractivity contribution >= 4 is 69.3 Å². The first-order chi connectivity index (χ1) is 50.1. The number of hydrogen-bond acceptors (Lipinski definition) is 22. The van der Waals surface area contributed by atoms with Crippen molar-refractivity contribution in [2.24, 2.45) is 0 Å². The summed E-state index contributed by atoms with van der Waals surface area (Å²) in [7, 11) is 9.30. The summed E-state index contributed by atoms with van der Waals surface area (Å²) in [5.74, 6) is -3.80. The number of rotatable bonds is 35. The third-order valence-electron chi connectivity index (χ3n) is 15.2. The fraction of sp³-hybridized carbons (Fsp3) is 0.397. The minimum Gasteiger partial charge on any atom is -0.496 e. The number of nitro groups is 1. The van der Waals surface area contributed by atoms with Crippen LogP contribution in [0, 0.1) is 10.1 Å². The highest BCUT2D eigenvalue weighted by Crippen LogP contribution is 2.45. The summed E-state index contributed by atoms with van der Waals surface area (Å²) in [5.41, 5.74) is -3.16. The fourth-order valence-electron chi connectivity index (χ4n) is 10.3. The lowest BCUT2D eigenvalue weighted by Crippen LogP contribution is -2.28. The molecule has 0 spiro atoms. The molecule has 5 amide bonds. The fourth-order valence-corrected chi connectivity index (χ4v) is 10.3. The van der Waals surface area contributed by atoms with E-state index in [0.717, 1.165) is 6.07 Å². The number of ether oxygens (including phenoxy) is 15. The maximum Gasteiger partial charge on any atom is 0.311 e. The molecule has 0 atom stereocenters. The predicted molar refractivity (Wildman–Crippen MR) is 401 cm³/mol. The Morgan fingerprint density at radius 3 is 1.08 bits per heavy atom. The van der Waals surface area contributed by atoms with Gasteiger partial charge in [-0.15, -0.1) is 0 Å². The van der Waals surface area contributed by atoms with E-state index in [1.54, 1.807) is 54.6 Å². The van der Waals surface area contributed by atoms with E-state index in [1.165, 1.54) is 109 Å². The number of anilines is 6. The van der Waals surface area contributed by atoms with Gasteiger partial charge in [0.05, 0.1) is 160 Å². The van der Waals surface area contributed by atoms with Gasteiger partial charge in [0.15, 0.2) is 0 Å². The van der Waals surface area contributed by atoms with Crippen LogP contribution in [0.3, 0.4) is 0 Å². The average Bonchev–Trinajstić information content (AvgIpc) is 0.768. The Hall–Kier alpha value is -11.1. The number of benzene rings is 7. The highest BCUT2D eigenvalue weighted by Gasteiger charge is 2.33. The van der Waals surface area contributed by atoms with Crippen LogP contribution in [0.4, 0.5) is 39.8 Å². The molecule has 0 aliphatic heterocycles. The normalized spacial score (nSPS) is 11.5. The van der Waals surface area contributed by atoms with Crippen LogP contribution in [-0.4, -0.2) is 159 Å². The van der Waals surface area contributed by atoms with Gasteiger partial charge in [0, 0.05) is 42.1 Å². The number of carbonyl (C=O) groups is 5. The van der Waals surface area contributed by atoms with Gasteiger partial charge in [-0.25, -0.2) is 0 Å². The molecule has 0 aliphatic carbocycles. The molecule has 106 heavy (non-hydrogen) atoms. The molecule has 0 unspecified atom stereocenters. The zero-order valence-corrected chi connectivity index (χ0v) is 63.5. The summed E-state index contributed by atoms with van der Waals surface area (Å²) >= 11 is 0. The first-order valence-electron chi connectivity index (χ1n) is 33.8. The number of nitro benzene ring substituents is 1. The predicted octanol–water partition coefficient (Wildman–Crippen LogP) is 14.4. The molecule has 4 N–H and O–H groups in total. The Balaban J connectivity index is 1.39. The summed E-state index contributed by atoms with van der Waals surface area (Å²) in [6.07, 6.45) is 0. The summed E-state index contributed by atoms with van der Waals surface area (Å²) in [6.45, 7) is 22.8. The SMILES string of the molecule is COc1cc(OC)c(C(=O)N(c2ccccc2)c2cc(C(=O)Nc3cc(C(=O)Nc4cc(C(=O)Nc5ccccc5OC)c(OCCOC(C)(C)C)cc4OCCOC(C)(C)C)c(OC)cc3OC)c(OCCOC(C)(C)C)cc2OCCOC(C)(C)C)cc1NC(=O)c1cc([N+](=O)[O-])c(OC)cc1OC. The van der Waals surface area contributed by atoms with E-state index in [-0.39, 0.29) is 167 Å². The number of para-hydroxylation sites is 3. The van der Waals surface area contributed by atoms with Crippen molar-refractivity contribution in [1.29, 1.82) is 0 Å². The van der Waals surface area contributed by atoms with Crippen molar-refractivity contribution < 1.29 is 99.9 Å². The minimum atomic E-state index is -0.897. The Morgan fingerprint density at radius 1 is 0.340 bits per heavy atom. The van der Waals surface area contributed by atoms with E-state index in [1.807, 2.05) is 83.1 Å². The van der Waals surface area contributed by atoms with Crippen LogP contribution in [0.5, 0.6) is 63.2 Å². The van der Waals surface area contributed by atoms with Crippen LogP contribution in [0.1, 0.15) is 135 Å². The third kappa shape index (κ3) is 22.7. The van der Waals surface area contributed by atoms with E-state index in [9.17, 15) is 19.7 Å². The molecule has 7 rings (SSSR count). The van der Waals surface area contributed by atoms with Gasteiger partial charge in [-0.3, -0.25) is 39.0 Å². The Morgan fingerprint density at radius 2 is 0.660 bits per heavy atom. The van der Waals surface area contributed by atoms with Crippen LogP contribution < -0.4 is 78.3 Å². The number of amides is 5. The first kappa shape index (κ1) is 82.2. The average molecular weight is 1470 g/mol. The van der Waals surface area contributed by atoms with Crippen molar-refractivity contribution in [1.82, 2.24) is 0 Å². The molecule has 28 nitrogen and oxygen atoms in total. The van der Waals surface area contributed by atoms with Crippen LogP contribution in [0.25, 0.3) is 0 Å². The lowest BCUT2D eigenvalue weighted by atomic mass is 10.1. The monoisotopic (exact) mass is 1470 g/mol. The standard InChI is InChI=1S/C78H96N6O22/c1-75(2,3)103-33-29-99-63-45-67(101-31-35-105-77(7,8)9)56(38-49(63)71(86)79-53-27-23-24-28-59(53)92-13)82-70(85)48-37-54(65(96-17)42-60(48)93-14)80-73(88)51-40-57(69(102-32-36-106-78(10,11)12)46-64(51)100-30-34-104-76(4,5)6)83(47-25-21-20-22-26-47)74(89)52-39-55(66(97-18)43-62(52)95-16)81-72(87)50-41-58(84(90)91)68(98-19)44-61(50)94-15/h20-28,37-46H,29-36H2,1-19H3,(H,79,86)(H,80,88)(H,81,87)(H,82,85). The lowest BCUT2D eigenvalue weighted by Gasteiger charge is -2.28. The Bertz CT molecular complexity index is 4250. The second-order valence-corrected chi connectivity index (χ2v) is 27.4. The smallest absolute Gasteiger partial charge is 0.311 e. The van der Waals surface area contributed by atoms with Gasteiger partial charge >= 0.3 is 5.69 Å². The second kappa shape index (κ2) is 36.6. The molecule has 0 saturated heterocycles. The van der Waals surface area contributed by atoms with Gasteiger partial charge in [0.1, 0.15) is 83.9 Å². The van der Waals surface area contributed by atoms with E-state index in [4.69, 9.17) is 71.1 Å². The maximum atomic E-state index is 16.1. The van der Waals surface area contributed by atoms with Gasteiger partial charge in [0.2, 0.25) is 5.75 Å². The molecule has 7 aromatic rings. The van der Waals surface area contributed by atoms with Crippen molar-refractivity contribution in [3.63, 3.8) is 0 Å². The maximum absolute atomic E-state index is 16.1. The molecule has 570 valence electrons. The highest BCUT2D eigenvalue weighted by molar-refractivity contribution is 6.17. The molecular weight excluding hydrogens is 1370 g/mol. The van der Waals surface area contributed by atoms with Crippen molar-refractivity contribution in [2.75, 3.05) is 129 Å². The number of carbonyl (C=O) groups excluding carboxylic acids is 5. The minimum absolute atomic E-state index is 0.00726. The molecule has 0 radical (unpaired) electrons. The zero-order chi connectivity index (χ0) is 77.8. The largest absolute Gasteiger partial charge is 0.496 e. The first-order valence-corrected chi connectivity index (χ1v) is 33.8. The number of nitrogens with zero attached hydrogens (tertiary/aromatic N) is 2. The molecular formula is C78H96N6O22. The number of methoxy groups -OCH3 is 7. The van der Waals surface area contributed by atoms with E-state index < -0.39 is 62.6 Å². The summed E-state index contributed by atoms with van der Waals surface area (Å²) in [5, 5.41) is 23.6. The Labute approximate surface area is 617 Å². The van der Waals surface area contributed by atoms with E-state index >= 15 is 14.4 Å². The summed E-state index contributed by atoms with van der Waals surface area (Å²) in [4.78, 5) is 88.7. The Kier molecular flexibility index (Phi) is 28.4. The van der Waals surface area contributed by atoms with Crippen LogP contribution >= 0.6 is 0 Å². The molecule has 7 aromatic carbocycles. The van der Waals surface area contributed by atoms with Crippen LogP contribution in [0.2, 0.25) is 0 Å². The van der Waals surface area contributed by atoms with Gasteiger partial charge in [0.25, 0.3) is 29.5 Å². The van der Waals surface area contributed by atoms with Crippen LogP contribution in [0.15, 0.2) is 115 Å². The number of nitrogens with one attached hydrogen (secondary N) is 4. The van der Waals surface area contributed by atoms with Gasteiger partial charge in [-0.1, -0.05) is 30.3 Å². The highest BCUT2D eigenvalue weighted by atomic mass is 16.6. The molecule has 28 heteroatoms. The lowest BCUT2D eigenvalue weighted by molar-refractivity contribution is -0.385.